The van der Waals surface area contributed by atoms with E-state index in [1.807, 2.05) is 28.7 Å². The third-order valence-electron chi connectivity index (χ3n) is 2.65. The standard InChI is InChI=1S/C15H19IO4/c1-5-20-14(19)10-7-6-9(8-15(2,3)4)12(16)11(10)13(17)18/h6-7H,5,8H2,1-4H3,(H,17,18). The number of carbonyl (C=O) groups is 2. The first-order chi connectivity index (χ1) is 9.17. The molecule has 0 bridgehead atoms. The fourth-order valence-corrected chi connectivity index (χ4v) is 2.81. The topological polar surface area (TPSA) is 63.6 Å². The number of benzene rings is 1. The van der Waals surface area contributed by atoms with Crippen LogP contribution in [-0.4, -0.2) is 23.7 Å². The van der Waals surface area contributed by atoms with Crippen LogP contribution in [-0.2, 0) is 11.2 Å². The van der Waals surface area contributed by atoms with E-state index < -0.39 is 11.9 Å². The summed E-state index contributed by atoms with van der Waals surface area (Å²) in [4.78, 5) is 23.3. The van der Waals surface area contributed by atoms with Crippen molar-refractivity contribution in [1.29, 1.82) is 0 Å². The molecule has 0 fully saturated rings. The minimum Gasteiger partial charge on any atom is -0.478 e. The lowest BCUT2D eigenvalue weighted by molar-refractivity contribution is 0.0514. The maximum atomic E-state index is 11.8. The van der Waals surface area contributed by atoms with Gasteiger partial charge in [-0.25, -0.2) is 9.59 Å². The smallest absolute Gasteiger partial charge is 0.339 e. The number of aromatic carboxylic acids is 1. The van der Waals surface area contributed by atoms with Gasteiger partial charge in [-0.1, -0.05) is 26.8 Å². The Kier molecular flexibility index (Phi) is 5.56. The Morgan fingerprint density at radius 2 is 1.90 bits per heavy atom. The number of esters is 1. The van der Waals surface area contributed by atoms with Crippen LogP contribution in [0.3, 0.4) is 0 Å². The van der Waals surface area contributed by atoms with E-state index in [9.17, 15) is 14.7 Å². The fraction of sp³-hybridized carbons (Fsp3) is 0.467. The van der Waals surface area contributed by atoms with Gasteiger partial charge >= 0.3 is 11.9 Å². The molecule has 0 aliphatic rings. The molecule has 0 atom stereocenters. The third-order valence-corrected chi connectivity index (χ3v) is 3.88. The summed E-state index contributed by atoms with van der Waals surface area (Å²) in [5.74, 6) is -1.70. The lowest BCUT2D eigenvalue weighted by Crippen LogP contribution is -2.17. The average Bonchev–Trinajstić information content (AvgIpc) is 2.29. The number of hydrogen-bond donors (Lipinski definition) is 1. The van der Waals surface area contributed by atoms with E-state index in [1.165, 1.54) is 0 Å². The van der Waals surface area contributed by atoms with E-state index in [4.69, 9.17) is 4.74 Å². The first kappa shape index (κ1) is 16.9. The molecule has 5 heteroatoms. The first-order valence-electron chi connectivity index (χ1n) is 6.39. The normalized spacial score (nSPS) is 11.2. The lowest BCUT2D eigenvalue weighted by atomic mass is 9.87. The summed E-state index contributed by atoms with van der Waals surface area (Å²) >= 11 is 1.99. The quantitative estimate of drug-likeness (QED) is 0.628. The molecule has 0 saturated carbocycles. The zero-order valence-corrected chi connectivity index (χ0v) is 14.3. The molecule has 1 rings (SSSR count). The molecule has 0 aliphatic heterocycles. The van der Waals surface area contributed by atoms with Crippen molar-refractivity contribution in [1.82, 2.24) is 0 Å². The molecule has 0 spiro atoms. The Morgan fingerprint density at radius 1 is 1.30 bits per heavy atom. The zero-order valence-electron chi connectivity index (χ0n) is 12.1. The molecule has 1 aromatic rings. The van der Waals surface area contributed by atoms with Gasteiger partial charge in [0.1, 0.15) is 0 Å². The highest BCUT2D eigenvalue weighted by Crippen LogP contribution is 2.28. The largest absolute Gasteiger partial charge is 0.478 e. The van der Waals surface area contributed by atoms with Crippen molar-refractivity contribution in [3.05, 3.63) is 32.4 Å². The van der Waals surface area contributed by atoms with Gasteiger partial charge in [-0.15, -0.1) is 0 Å². The van der Waals surface area contributed by atoms with Crippen molar-refractivity contribution >= 4 is 34.5 Å². The molecule has 1 N–H and O–H groups in total. The van der Waals surface area contributed by atoms with Crippen molar-refractivity contribution in [2.75, 3.05) is 6.61 Å². The monoisotopic (exact) mass is 390 g/mol. The molecule has 0 unspecified atom stereocenters. The van der Waals surface area contributed by atoms with Crippen LogP contribution < -0.4 is 0 Å². The van der Waals surface area contributed by atoms with E-state index >= 15 is 0 Å². The number of carbonyl (C=O) groups excluding carboxylic acids is 1. The Labute approximate surface area is 132 Å². The van der Waals surface area contributed by atoms with Gasteiger partial charge in [0.2, 0.25) is 0 Å². The van der Waals surface area contributed by atoms with Gasteiger partial charge in [-0.2, -0.15) is 0 Å². The summed E-state index contributed by atoms with van der Waals surface area (Å²) in [6.45, 7) is 8.17. The van der Waals surface area contributed by atoms with Gasteiger partial charge in [0, 0.05) is 3.57 Å². The van der Waals surface area contributed by atoms with Crippen molar-refractivity contribution in [2.45, 2.75) is 34.1 Å². The number of carboxylic acid groups (broad SMARTS) is 1. The number of rotatable bonds is 4. The molecule has 1 aromatic carbocycles. The van der Waals surface area contributed by atoms with Crippen molar-refractivity contribution in [2.24, 2.45) is 5.41 Å². The highest BCUT2D eigenvalue weighted by molar-refractivity contribution is 14.1. The van der Waals surface area contributed by atoms with Crippen LogP contribution in [0.25, 0.3) is 0 Å². The van der Waals surface area contributed by atoms with Crippen LogP contribution in [0.15, 0.2) is 12.1 Å². The highest BCUT2D eigenvalue weighted by atomic mass is 127. The molecule has 0 aromatic heterocycles. The van der Waals surface area contributed by atoms with Gasteiger partial charge in [0.25, 0.3) is 0 Å². The maximum Gasteiger partial charge on any atom is 0.339 e. The minimum absolute atomic E-state index is 0.0331. The molecule has 0 aliphatic carbocycles. The Balaban J connectivity index is 3.34. The zero-order chi connectivity index (χ0) is 15.5. The molecule has 20 heavy (non-hydrogen) atoms. The summed E-state index contributed by atoms with van der Waals surface area (Å²) in [6, 6.07) is 3.36. The van der Waals surface area contributed by atoms with Gasteiger partial charge < -0.3 is 9.84 Å². The summed E-state index contributed by atoms with van der Waals surface area (Å²) in [5, 5.41) is 9.37. The molecule has 4 nitrogen and oxygen atoms in total. The first-order valence-corrected chi connectivity index (χ1v) is 7.47. The van der Waals surface area contributed by atoms with E-state index in [0.717, 1.165) is 12.0 Å². The van der Waals surface area contributed by atoms with Crippen LogP contribution in [0, 0.1) is 8.99 Å². The molecular weight excluding hydrogens is 371 g/mol. The predicted molar refractivity (Wildman–Crippen MR) is 85.2 cm³/mol. The number of hydrogen-bond acceptors (Lipinski definition) is 3. The second kappa shape index (κ2) is 6.56. The van der Waals surface area contributed by atoms with Crippen LogP contribution >= 0.6 is 22.6 Å². The molecule has 0 saturated heterocycles. The number of halogens is 1. The number of carboxylic acids is 1. The van der Waals surface area contributed by atoms with Crippen molar-refractivity contribution in [3.63, 3.8) is 0 Å². The van der Waals surface area contributed by atoms with Crippen LogP contribution in [0.5, 0.6) is 0 Å². The summed E-state index contributed by atoms with van der Waals surface area (Å²) < 4.78 is 5.52. The minimum atomic E-state index is -1.10. The molecule has 0 heterocycles. The Bertz CT molecular complexity index is 529. The number of ether oxygens (including phenoxy) is 1. The van der Waals surface area contributed by atoms with E-state index in [1.54, 1.807) is 13.0 Å². The van der Waals surface area contributed by atoms with Crippen molar-refractivity contribution in [3.8, 4) is 0 Å². The predicted octanol–water partition coefficient (Wildman–Crippen LogP) is 3.75. The van der Waals surface area contributed by atoms with E-state index in [0.29, 0.717) is 3.57 Å². The van der Waals surface area contributed by atoms with E-state index in [-0.39, 0.29) is 23.1 Å². The fourth-order valence-electron chi connectivity index (χ4n) is 1.92. The maximum absolute atomic E-state index is 11.8. The third kappa shape index (κ3) is 4.19. The van der Waals surface area contributed by atoms with Gasteiger partial charge in [-0.05, 0) is 53.0 Å². The van der Waals surface area contributed by atoms with Crippen LogP contribution in [0.1, 0.15) is 54.0 Å². The average molecular weight is 390 g/mol. The summed E-state index contributed by atoms with van der Waals surface area (Å²) in [7, 11) is 0. The van der Waals surface area contributed by atoms with E-state index in [2.05, 4.69) is 20.8 Å². The molecule has 0 amide bonds. The Morgan fingerprint density at radius 3 is 2.35 bits per heavy atom. The van der Waals surface area contributed by atoms with Gasteiger partial charge in [-0.3, -0.25) is 0 Å². The highest BCUT2D eigenvalue weighted by Gasteiger charge is 2.24. The second-order valence-corrected chi connectivity index (χ2v) is 6.80. The van der Waals surface area contributed by atoms with Gasteiger partial charge in [0.05, 0.1) is 17.7 Å². The molecular formula is C15H19IO4. The summed E-state index contributed by atoms with van der Waals surface area (Å²) in [6.07, 6.45) is 0.745. The lowest BCUT2D eigenvalue weighted by Gasteiger charge is -2.20. The van der Waals surface area contributed by atoms with Crippen LogP contribution in [0.2, 0.25) is 0 Å². The molecule has 110 valence electrons. The van der Waals surface area contributed by atoms with Crippen LogP contribution in [0.4, 0.5) is 0 Å². The second-order valence-electron chi connectivity index (χ2n) is 5.72. The van der Waals surface area contributed by atoms with Crippen molar-refractivity contribution < 1.29 is 19.4 Å². The molecule has 0 radical (unpaired) electrons. The summed E-state index contributed by atoms with van der Waals surface area (Å²) in [5.41, 5.74) is 1.12. The Hall–Kier alpha value is -1.11. The SMILES string of the molecule is CCOC(=O)c1ccc(CC(C)(C)C)c(I)c1C(=O)O. The van der Waals surface area contributed by atoms with Gasteiger partial charge in [0.15, 0.2) is 0 Å².